The van der Waals surface area contributed by atoms with Gasteiger partial charge in [0, 0.05) is 28.0 Å². The molecule has 0 atom stereocenters. The lowest BCUT2D eigenvalue weighted by molar-refractivity contribution is 1.18. The van der Waals surface area contributed by atoms with Gasteiger partial charge in [-0.1, -0.05) is 34.8 Å². The van der Waals surface area contributed by atoms with Crippen LogP contribution in [0.3, 0.4) is 0 Å². The highest BCUT2D eigenvalue weighted by Crippen LogP contribution is 2.38. The molecule has 0 amide bonds. The molecule has 2 aromatic rings. The molecule has 0 saturated carbocycles. The number of pyridine rings is 1. The Morgan fingerprint density at radius 3 is 2.41 bits per heavy atom. The third kappa shape index (κ3) is 2.42. The van der Waals surface area contributed by atoms with Crippen LogP contribution in [-0.4, -0.2) is 4.98 Å². The van der Waals surface area contributed by atoms with E-state index in [0.29, 0.717) is 15.1 Å². The van der Waals surface area contributed by atoms with Crippen LogP contribution in [0.5, 0.6) is 0 Å². The van der Waals surface area contributed by atoms with Gasteiger partial charge in [0.15, 0.2) is 0 Å². The summed E-state index contributed by atoms with van der Waals surface area (Å²) in [6, 6.07) is 5.39. The third-order valence-electron chi connectivity index (χ3n) is 2.61. The summed E-state index contributed by atoms with van der Waals surface area (Å²) in [5, 5.41) is 1.53. The molecule has 1 aromatic carbocycles. The first-order valence-corrected chi connectivity index (χ1v) is 6.21. The van der Waals surface area contributed by atoms with Crippen molar-refractivity contribution in [1.82, 2.24) is 4.98 Å². The first-order valence-electron chi connectivity index (χ1n) is 5.08. The number of hydrogen-bond acceptors (Lipinski definition) is 1. The second kappa shape index (κ2) is 4.85. The van der Waals surface area contributed by atoms with Crippen molar-refractivity contribution in [2.45, 2.75) is 13.8 Å². The normalized spacial score (nSPS) is 10.6. The molecular formula is C13H10Cl3N. The van der Waals surface area contributed by atoms with Crippen LogP contribution in [0.15, 0.2) is 24.4 Å². The van der Waals surface area contributed by atoms with Crippen LogP contribution in [0.1, 0.15) is 11.3 Å². The van der Waals surface area contributed by atoms with Gasteiger partial charge in [-0.25, -0.2) is 0 Å². The first kappa shape index (κ1) is 12.7. The maximum atomic E-state index is 6.23. The molecule has 0 fully saturated rings. The molecule has 0 N–H and O–H groups in total. The predicted octanol–water partition coefficient (Wildman–Crippen LogP) is 5.33. The summed E-state index contributed by atoms with van der Waals surface area (Å²) in [5.41, 5.74) is 3.82. The van der Waals surface area contributed by atoms with Crippen LogP contribution in [-0.2, 0) is 0 Å². The van der Waals surface area contributed by atoms with Crippen molar-refractivity contribution in [2.24, 2.45) is 0 Å². The maximum absolute atomic E-state index is 6.23. The fraction of sp³-hybridized carbons (Fsp3) is 0.154. The Hall–Kier alpha value is -0.760. The number of rotatable bonds is 1. The average molecular weight is 287 g/mol. The van der Waals surface area contributed by atoms with E-state index in [1.807, 2.05) is 26.0 Å². The van der Waals surface area contributed by atoms with Crippen molar-refractivity contribution in [2.75, 3.05) is 0 Å². The zero-order chi connectivity index (χ0) is 12.6. The number of hydrogen-bond donors (Lipinski definition) is 0. The van der Waals surface area contributed by atoms with E-state index in [1.54, 1.807) is 12.3 Å². The van der Waals surface area contributed by atoms with Crippen LogP contribution < -0.4 is 0 Å². The Balaban J connectivity index is 2.77. The van der Waals surface area contributed by atoms with Gasteiger partial charge in [-0.15, -0.1) is 0 Å². The summed E-state index contributed by atoms with van der Waals surface area (Å²) in [4.78, 5) is 4.27. The summed E-state index contributed by atoms with van der Waals surface area (Å²) in [6.07, 6.45) is 1.77. The molecule has 0 saturated heterocycles. The molecule has 0 unspecified atom stereocenters. The summed E-state index contributed by atoms with van der Waals surface area (Å²) >= 11 is 18.3. The van der Waals surface area contributed by atoms with Gasteiger partial charge >= 0.3 is 0 Å². The second-order valence-electron chi connectivity index (χ2n) is 3.84. The maximum Gasteiger partial charge on any atom is 0.0672 e. The molecule has 4 heteroatoms. The van der Waals surface area contributed by atoms with Gasteiger partial charge in [-0.05, 0) is 37.6 Å². The molecule has 1 nitrogen and oxygen atoms in total. The van der Waals surface area contributed by atoms with Crippen molar-refractivity contribution in [3.8, 4) is 11.1 Å². The SMILES string of the molecule is Cc1ccnc(C)c1-c1cc(Cl)cc(Cl)c1Cl. The van der Waals surface area contributed by atoms with E-state index < -0.39 is 0 Å². The van der Waals surface area contributed by atoms with E-state index >= 15 is 0 Å². The van der Waals surface area contributed by atoms with Gasteiger partial charge in [-0.3, -0.25) is 4.98 Å². The van der Waals surface area contributed by atoms with E-state index in [4.69, 9.17) is 34.8 Å². The molecule has 1 heterocycles. The van der Waals surface area contributed by atoms with Gasteiger partial charge in [0.05, 0.1) is 10.0 Å². The predicted molar refractivity (Wildman–Crippen MR) is 74.2 cm³/mol. The van der Waals surface area contributed by atoms with Gasteiger partial charge in [0.2, 0.25) is 0 Å². The average Bonchev–Trinajstić information content (AvgIpc) is 2.24. The topological polar surface area (TPSA) is 12.9 Å². The molecule has 17 heavy (non-hydrogen) atoms. The highest BCUT2D eigenvalue weighted by molar-refractivity contribution is 6.45. The molecule has 88 valence electrons. The highest BCUT2D eigenvalue weighted by atomic mass is 35.5. The fourth-order valence-corrected chi connectivity index (χ4v) is 2.54. The molecular weight excluding hydrogens is 277 g/mol. The van der Waals surface area contributed by atoms with Crippen molar-refractivity contribution < 1.29 is 0 Å². The molecule has 0 bridgehead atoms. The first-order chi connectivity index (χ1) is 8.00. The molecule has 0 aliphatic rings. The van der Waals surface area contributed by atoms with Crippen molar-refractivity contribution in [1.29, 1.82) is 0 Å². The minimum Gasteiger partial charge on any atom is -0.261 e. The van der Waals surface area contributed by atoms with Gasteiger partial charge < -0.3 is 0 Å². The Kier molecular flexibility index (Phi) is 3.62. The molecule has 0 aliphatic heterocycles. The van der Waals surface area contributed by atoms with E-state index in [9.17, 15) is 0 Å². The van der Waals surface area contributed by atoms with Crippen LogP contribution >= 0.6 is 34.8 Å². The molecule has 0 spiro atoms. The molecule has 2 rings (SSSR count). The Labute approximate surface area is 115 Å². The standard InChI is InChI=1S/C13H10Cl3N/c1-7-3-4-17-8(2)12(7)10-5-9(14)6-11(15)13(10)16/h3-6H,1-2H3. The summed E-state index contributed by atoms with van der Waals surface area (Å²) < 4.78 is 0. The second-order valence-corrected chi connectivity index (χ2v) is 5.06. The number of nitrogens with zero attached hydrogens (tertiary/aromatic N) is 1. The minimum absolute atomic E-state index is 0.455. The monoisotopic (exact) mass is 285 g/mol. The van der Waals surface area contributed by atoms with Gasteiger partial charge in [0.1, 0.15) is 0 Å². The zero-order valence-electron chi connectivity index (χ0n) is 9.39. The van der Waals surface area contributed by atoms with Crippen molar-refractivity contribution in [3.05, 3.63) is 50.7 Å². The number of benzene rings is 1. The Morgan fingerprint density at radius 2 is 1.76 bits per heavy atom. The summed E-state index contributed by atoms with van der Waals surface area (Å²) in [7, 11) is 0. The quantitative estimate of drug-likeness (QED) is 0.646. The minimum atomic E-state index is 0.455. The van der Waals surface area contributed by atoms with Crippen molar-refractivity contribution in [3.63, 3.8) is 0 Å². The lowest BCUT2D eigenvalue weighted by Gasteiger charge is -2.12. The van der Waals surface area contributed by atoms with Crippen LogP contribution in [0.2, 0.25) is 15.1 Å². The highest BCUT2D eigenvalue weighted by Gasteiger charge is 2.13. The summed E-state index contributed by atoms with van der Waals surface area (Å²) in [6.45, 7) is 3.95. The molecule has 1 aromatic heterocycles. The third-order valence-corrected chi connectivity index (χ3v) is 3.63. The van der Waals surface area contributed by atoms with E-state index in [2.05, 4.69) is 4.98 Å². The number of aryl methyl sites for hydroxylation is 2. The lowest BCUT2D eigenvalue weighted by atomic mass is 10.00. The van der Waals surface area contributed by atoms with E-state index in [-0.39, 0.29) is 0 Å². The Morgan fingerprint density at radius 1 is 1.06 bits per heavy atom. The van der Waals surface area contributed by atoms with E-state index in [0.717, 1.165) is 22.4 Å². The molecule has 0 aliphatic carbocycles. The molecule has 0 radical (unpaired) electrons. The fourth-order valence-electron chi connectivity index (χ4n) is 1.84. The van der Waals surface area contributed by atoms with Gasteiger partial charge in [0.25, 0.3) is 0 Å². The van der Waals surface area contributed by atoms with Crippen LogP contribution in [0.4, 0.5) is 0 Å². The summed E-state index contributed by atoms with van der Waals surface area (Å²) in [5.74, 6) is 0. The number of halogens is 3. The smallest absolute Gasteiger partial charge is 0.0672 e. The lowest BCUT2D eigenvalue weighted by Crippen LogP contribution is -1.92. The van der Waals surface area contributed by atoms with Crippen molar-refractivity contribution >= 4 is 34.8 Å². The Bertz CT molecular complexity index is 559. The largest absolute Gasteiger partial charge is 0.261 e. The number of aromatic nitrogens is 1. The van der Waals surface area contributed by atoms with E-state index in [1.165, 1.54) is 0 Å². The van der Waals surface area contributed by atoms with Crippen LogP contribution in [0, 0.1) is 13.8 Å². The van der Waals surface area contributed by atoms with Crippen LogP contribution in [0.25, 0.3) is 11.1 Å². The van der Waals surface area contributed by atoms with Gasteiger partial charge in [-0.2, -0.15) is 0 Å². The zero-order valence-corrected chi connectivity index (χ0v) is 11.7.